The number of hydrogen-bond acceptors (Lipinski definition) is 5. The van der Waals surface area contributed by atoms with Crippen LogP contribution in [0, 0.1) is 5.92 Å². The van der Waals surface area contributed by atoms with Crippen molar-refractivity contribution in [3.8, 4) is 17.2 Å². The van der Waals surface area contributed by atoms with Crippen molar-refractivity contribution in [1.29, 1.82) is 0 Å². The van der Waals surface area contributed by atoms with Gasteiger partial charge < -0.3 is 19.1 Å². The Bertz CT molecular complexity index is 788. The number of ether oxygens (including phenoxy) is 3. The van der Waals surface area contributed by atoms with E-state index in [1.165, 1.54) is 0 Å². The number of fused-ring (bicyclic) bond motifs is 1. The van der Waals surface area contributed by atoms with Gasteiger partial charge in [0.25, 0.3) is 0 Å². The molecule has 1 amide bonds. The third-order valence-electron chi connectivity index (χ3n) is 5.22. The van der Waals surface area contributed by atoms with Gasteiger partial charge in [-0.1, -0.05) is 6.07 Å². The molecule has 0 aliphatic carbocycles. The maximum atomic E-state index is 12.9. The molecule has 1 fully saturated rings. The summed E-state index contributed by atoms with van der Waals surface area (Å²) in [6, 6.07) is 9.57. The van der Waals surface area contributed by atoms with Crippen LogP contribution in [-0.4, -0.2) is 48.7 Å². The molecule has 27 heavy (non-hydrogen) atoms. The molecule has 142 valence electrons. The standard InChI is InChI=1S/C21H24N2O4/c1-25-18-5-4-15-11-16(14-26-20(15)12-18)21(24)23-9-6-17(7-10-23)27-19-3-2-8-22-13-19/h2-5,8,12-13,16-17H,6-7,9-11,14H2,1H3/t16-/m0/s1. The smallest absolute Gasteiger partial charge is 0.229 e. The van der Waals surface area contributed by atoms with E-state index in [9.17, 15) is 4.79 Å². The number of piperidine rings is 1. The number of amides is 1. The zero-order valence-corrected chi connectivity index (χ0v) is 15.5. The molecular formula is C21H24N2O4. The lowest BCUT2D eigenvalue weighted by Crippen LogP contribution is -2.46. The quantitative estimate of drug-likeness (QED) is 0.830. The number of aromatic nitrogens is 1. The molecule has 1 aromatic carbocycles. The lowest BCUT2D eigenvalue weighted by Gasteiger charge is -2.35. The number of methoxy groups -OCH3 is 1. The Morgan fingerprint density at radius 2 is 2.07 bits per heavy atom. The average molecular weight is 368 g/mol. The first-order valence-corrected chi connectivity index (χ1v) is 9.38. The molecule has 0 N–H and O–H groups in total. The molecule has 2 aromatic rings. The summed E-state index contributed by atoms with van der Waals surface area (Å²) in [5, 5.41) is 0. The van der Waals surface area contributed by atoms with E-state index in [0.717, 1.165) is 48.7 Å². The predicted molar refractivity (Wildman–Crippen MR) is 100 cm³/mol. The van der Waals surface area contributed by atoms with Crippen molar-refractivity contribution >= 4 is 5.91 Å². The highest BCUT2D eigenvalue weighted by Gasteiger charge is 2.32. The van der Waals surface area contributed by atoms with Gasteiger partial charge in [-0.15, -0.1) is 0 Å². The van der Waals surface area contributed by atoms with Crippen molar-refractivity contribution in [3.63, 3.8) is 0 Å². The minimum absolute atomic E-state index is 0.123. The first kappa shape index (κ1) is 17.6. The van der Waals surface area contributed by atoms with Gasteiger partial charge in [0.05, 0.1) is 19.2 Å². The Balaban J connectivity index is 1.32. The van der Waals surface area contributed by atoms with Gasteiger partial charge in [-0.05, 0) is 30.2 Å². The van der Waals surface area contributed by atoms with Crippen LogP contribution in [0.2, 0.25) is 0 Å². The normalized spacial score (nSPS) is 19.7. The van der Waals surface area contributed by atoms with E-state index in [0.29, 0.717) is 13.0 Å². The van der Waals surface area contributed by atoms with Crippen LogP contribution in [0.4, 0.5) is 0 Å². The highest BCUT2D eigenvalue weighted by Crippen LogP contribution is 2.32. The monoisotopic (exact) mass is 368 g/mol. The molecule has 6 heteroatoms. The Morgan fingerprint density at radius 3 is 2.81 bits per heavy atom. The second kappa shape index (κ2) is 7.86. The number of likely N-dealkylation sites (tertiary alicyclic amines) is 1. The van der Waals surface area contributed by atoms with Gasteiger partial charge in [0.1, 0.15) is 30.0 Å². The van der Waals surface area contributed by atoms with E-state index >= 15 is 0 Å². The zero-order valence-electron chi connectivity index (χ0n) is 15.5. The highest BCUT2D eigenvalue weighted by atomic mass is 16.5. The van der Waals surface area contributed by atoms with E-state index < -0.39 is 0 Å². The largest absolute Gasteiger partial charge is 0.497 e. The van der Waals surface area contributed by atoms with Crippen LogP contribution in [-0.2, 0) is 11.2 Å². The average Bonchev–Trinajstić information content (AvgIpc) is 2.74. The number of nitrogens with zero attached hydrogens (tertiary/aromatic N) is 2. The van der Waals surface area contributed by atoms with Crippen LogP contribution in [0.5, 0.6) is 17.2 Å². The van der Waals surface area contributed by atoms with E-state index in [1.807, 2.05) is 35.2 Å². The summed E-state index contributed by atoms with van der Waals surface area (Å²) in [5.74, 6) is 2.43. The van der Waals surface area contributed by atoms with Crippen LogP contribution < -0.4 is 14.2 Å². The maximum absolute atomic E-state index is 12.9. The second-order valence-corrected chi connectivity index (χ2v) is 7.02. The summed E-state index contributed by atoms with van der Waals surface area (Å²) in [7, 11) is 1.64. The molecule has 0 bridgehead atoms. The van der Waals surface area contributed by atoms with Crippen LogP contribution in [0.15, 0.2) is 42.7 Å². The number of rotatable bonds is 4. The molecule has 4 rings (SSSR count). The summed E-state index contributed by atoms with van der Waals surface area (Å²) in [5.41, 5.74) is 1.06. The summed E-state index contributed by atoms with van der Waals surface area (Å²) >= 11 is 0. The summed E-state index contributed by atoms with van der Waals surface area (Å²) < 4.78 is 17.0. The Hall–Kier alpha value is -2.76. The summed E-state index contributed by atoms with van der Waals surface area (Å²) in [6.07, 6.45) is 5.97. The maximum Gasteiger partial charge on any atom is 0.229 e. The molecule has 1 saturated heterocycles. The first-order chi connectivity index (χ1) is 13.2. The van der Waals surface area contributed by atoms with Gasteiger partial charge in [0.2, 0.25) is 5.91 Å². The molecule has 2 aliphatic heterocycles. The van der Waals surface area contributed by atoms with Crippen LogP contribution in [0.25, 0.3) is 0 Å². The minimum atomic E-state index is -0.123. The fraction of sp³-hybridized carbons (Fsp3) is 0.429. The van der Waals surface area contributed by atoms with E-state index in [1.54, 1.807) is 19.5 Å². The van der Waals surface area contributed by atoms with Crippen LogP contribution in [0.3, 0.4) is 0 Å². The lowest BCUT2D eigenvalue weighted by molar-refractivity contribution is -0.138. The van der Waals surface area contributed by atoms with Gasteiger partial charge in [0, 0.05) is 38.2 Å². The van der Waals surface area contributed by atoms with E-state index in [4.69, 9.17) is 14.2 Å². The van der Waals surface area contributed by atoms with Gasteiger partial charge in [-0.25, -0.2) is 0 Å². The SMILES string of the molecule is COc1ccc2c(c1)OC[C@@H](C(=O)N1CCC(Oc3cccnc3)CC1)C2. The zero-order chi connectivity index (χ0) is 18.6. The van der Waals surface area contributed by atoms with Gasteiger partial charge >= 0.3 is 0 Å². The van der Waals surface area contributed by atoms with E-state index in [-0.39, 0.29) is 17.9 Å². The van der Waals surface area contributed by atoms with Crippen LogP contribution >= 0.6 is 0 Å². The molecule has 6 nitrogen and oxygen atoms in total. The van der Waals surface area contributed by atoms with Gasteiger partial charge in [0.15, 0.2) is 0 Å². The predicted octanol–water partition coefficient (Wildman–Crippen LogP) is 2.71. The number of pyridine rings is 1. The third kappa shape index (κ3) is 3.99. The molecule has 0 saturated carbocycles. The molecule has 2 aliphatic rings. The van der Waals surface area contributed by atoms with Crippen LogP contribution in [0.1, 0.15) is 18.4 Å². The first-order valence-electron chi connectivity index (χ1n) is 9.38. The summed E-state index contributed by atoms with van der Waals surface area (Å²) in [4.78, 5) is 18.9. The molecule has 0 radical (unpaired) electrons. The highest BCUT2D eigenvalue weighted by molar-refractivity contribution is 5.80. The van der Waals surface area contributed by atoms with Crippen molar-refractivity contribution in [3.05, 3.63) is 48.3 Å². The molecule has 3 heterocycles. The van der Waals surface area contributed by atoms with Crippen molar-refractivity contribution in [2.45, 2.75) is 25.4 Å². The fourth-order valence-corrected chi connectivity index (χ4v) is 3.70. The van der Waals surface area contributed by atoms with Crippen molar-refractivity contribution in [2.24, 2.45) is 5.92 Å². The van der Waals surface area contributed by atoms with Crippen molar-refractivity contribution in [2.75, 3.05) is 26.8 Å². The fourth-order valence-electron chi connectivity index (χ4n) is 3.70. The van der Waals surface area contributed by atoms with Gasteiger partial charge in [-0.2, -0.15) is 0 Å². The van der Waals surface area contributed by atoms with Crippen molar-refractivity contribution < 1.29 is 19.0 Å². The topological polar surface area (TPSA) is 60.9 Å². The third-order valence-corrected chi connectivity index (χ3v) is 5.22. The number of carbonyl (C=O) groups is 1. The molecule has 1 atom stereocenters. The summed E-state index contributed by atoms with van der Waals surface area (Å²) in [6.45, 7) is 1.86. The van der Waals surface area contributed by atoms with E-state index in [2.05, 4.69) is 4.98 Å². The lowest BCUT2D eigenvalue weighted by atomic mass is 9.94. The Labute approximate surface area is 159 Å². The van der Waals surface area contributed by atoms with Crippen molar-refractivity contribution in [1.82, 2.24) is 9.88 Å². The second-order valence-electron chi connectivity index (χ2n) is 7.02. The Kier molecular flexibility index (Phi) is 5.14. The number of benzene rings is 1. The number of carbonyl (C=O) groups excluding carboxylic acids is 1. The molecule has 0 unspecified atom stereocenters. The minimum Gasteiger partial charge on any atom is -0.497 e. The van der Waals surface area contributed by atoms with Gasteiger partial charge in [-0.3, -0.25) is 9.78 Å². The molecular weight excluding hydrogens is 344 g/mol. The molecule has 0 spiro atoms. The Morgan fingerprint density at radius 1 is 1.22 bits per heavy atom. The molecule has 1 aromatic heterocycles. The number of hydrogen-bond donors (Lipinski definition) is 0.